The molecule has 2 N–H and O–H groups in total. The molecule has 0 fully saturated rings. The number of thiazole rings is 1. The molecule has 0 aliphatic rings. The second-order valence-corrected chi connectivity index (χ2v) is 6.23. The number of hydrogen-bond acceptors (Lipinski definition) is 6. The molecule has 1 heterocycles. The van der Waals surface area contributed by atoms with Gasteiger partial charge in [-0.25, -0.2) is 4.98 Å². The minimum Gasteiger partial charge on any atom is -0.497 e. The Morgan fingerprint density at radius 2 is 1.92 bits per heavy atom. The standard InChI is InChI=1S/C17H25N5O2S/c1-18-16(20-11-13-12-25-17(21-13)22(2)3)19-9-10-24-15-7-5-14(23-4)6-8-15/h5-8,12H,9-11H2,1-4H3,(H2,18,19,20). The maximum absolute atomic E-state index is 5.68. The molecule has 8 heteroatoms. The zero-order valence-electron chi connectivity index (χ0n) is 15.1. The lowest BCUT2D eigenvalue weighted by atomic mass is 10.3. The van der Waals surface area contributed by atoms with Gasteiger partial charge in [0.25, 0.3) is 0 Å². The second kappa shape index (κ2) is 9.73. The first kappa shape index (κ1) is 18.9. The minimum absolute atomic E-state index is 0.536. The Hall–Kier alpha value is -2.48. The first-order valence-electron chi connectivity index (χ1n) is 7.95. The molecule has 0 atom stereocenters. The maximum Gasteiger partial charge on any atom is 0.191 e. The monoisotopic (exact) mass is 363 g/mol. The summed E-state index contributed by atoms with van der Waals surface area (Å²) in [5.41, 5.74) is 0.992. The number of hydrogen-bond donors (Lipinski definition) is 2. The largest absolute Gasteiger partial charge is 0.497 e. The number of guanidine groups is 1. The summed E-state index contributed by atoms with van der Waals surface area (Å²) >= 11 is 1.62. The van der Waals surface area contributed by atoms with Crippen LogP contribution < -0.4 is 25.0 Å². The number of aliphatic imine (C=N–C) groups is 1. The van der Waals surface area contributed by atoms with Crippen LogP contribution in [0.4, 0.5) is 5.13 Å². The lowest BCUT2D eigenvalue weighted by Gasteiger charge is -2.12. The van der Waals surface area contributed by atoms with Gasteiger partial charge in [0.2, 0.25) is 0 Å². The Bertz CT molecular complexity index is 670. The molecule has 0 amide bonds. The van der Waals surface area contributed by atoms with Crippen molar-refractivity contribution in [3.05, 3.63) is 35.3 Å². The highest BCUT2D eigenvalue weighted by molar-refractivity contribution is 7.13. The molecule has 0 saturated carbocycles. The molecule has 7 nitrogen and oxygen atoms in total. The van der Waals surface area contributed by atoms with E-state index in [0.29, 0.717) is 19.7 Å². The topological polar surface area (TPSA) is 71.0 Å². The molecule has 25 heavy (non-hydrogen) atoms. The average molecular weight is 363 g/mol. The maximum atomic E-state index is 5.68. The van der Waals surface area contributed by atoms with Crippen LogP contribution in [0.15, 0.2) is 34.6 Å². The number of ether oxygens (including phenoxy) is 2. The smallest absolute Gasteiger partial charge is 0.191 e. The first-order valence-corrected chi connectivity index (χ1v) is 8.83. The summed E-state index contributed by atoms with van der Waals surface area (Å²) in [4.78, 5) is 10.7. The summed E-state index contributed by atoms with van der Waals surface area (Å²) in [5.74, 6) is 2.34. The molecule has 1 aromatic carbocycles. The molecule has 0 spiro atoms. The fourth-order valence-corrected chi connectivity index (χ4v) is 2.75. The zero-order valence-corrected chi connectivity index (χ0v) is 15.9. The normalized spacial score (nSPS) is 11.1. The Morgan fingerprint density at radius 3 is 2.52 bits per heavy atom. The summed E-state index contributed by atoms with van der Waals surface area (Å²) in [6.45, 7) is 1.81. The van der Waals surface area contributed by atoms with Gasteiger partial charge in [0, 0.05) is 26.5 Å². The van der Waals surface area contributed by atoms with E-state index in [4.69, 9.17) is 9.47 Å². The fraction of sp³-hybridized carbons (Fsp3) is 0.412. The van der Waals surface area contributed by atoms with Crippen LogP contribution >= 0.6 is 11.3 Å². The highest BCUT2D eigenvalue weighted by Crippen LogP contribution is 2.18. The molecule has 2 rings (SSSR count). The van der Waals surface area contributed by atoms with E-state index < -0.39 is 0 Å². The second-order valence-electron chi connectivity index (χ2n) is 5.39. The van der Waals surface area contributed by atoms with E-state index >= 15 is 0 Å². The van der Waals surface area contributed by atoms with Crippen LogP contribution in [0.25, 0.3) is 0 Å². The van der Waals surface area contributed by atoms with E-state index in [1.54, 1.807) is 25.5 Å². The summed E-state index contributed by atoms with van der Waals surface area (Å²) < 4.78 is 10.8. The molecule has 0 radical (unpaired) electrons. The van der Waals surface area contributed by atoms with Gasteiger partial charge < -0.3 is 25.0 Å². The molecular formula is C17H25N5O2S. The summed E-state index contributed by atoms with van der Waals surface area (Å²) in [7, 11) is 7.36. The van der Waals surface area contributed by atoms with Crippen LogP contribution in [0.3, 0.4) is 0 Å². The molecule has 0 saturated heterocycles. The number of aromatic nitrogens is 1. The van der Waals surface area contributed by atoms with E-state index in [1.807, 2.05) is 48.6 Å². The van der Waals surface area contributed by atoms with Gasteiger partial charge in [-0.05, 0) is 24.3 Å². The van der Waals surface area contributed by atoms with Crippen molar-refractivity contribution >= 4 is 22.4 Å². The summed E-state index contributed by atoms with van der Waals surface area (Å²) in [5, 5.41) is 9.50. The van der Waals surface area contributed by atoms with Gasteiger partial charge in [0.05, 0.1) is 25.9 Å². The van der Waals surface area contributed by atoms with E-state index in [2.05, 4.69) is 20.6 Å². The van der Waals surface area contributed by atoms with Crippen molar-refractivity contribution in [3.63, 3.8) is 0 Å². The molecule has 0 aliphatic heterocycles. The lowest BCUT2D eigenvalue weighted by molar-refractivity contribution is 0.321. The van der Waals surface area contributed by atoms with Crippen LogP contribution in [0.2, 0.25) is 0 Å². The van der Waals surface area contributed by atoms with Gasteiger partial charge in [0.15, 0.2) is 11.1 Å². The summed E-state index contributed by atoms with van der Waals surface area (Å²) in [6, 6.07) is 7.52. The van der Waals surface area contributed by atoms with Gasteiger partial charge >= 0.3 is 0 Å². The Kier molecular flexibility index (Phi) is 7.34. The van der Waals surface area contributed by atoms with Crippen molar-refractivity contribution in [2.24, 2.45) is 4.99 Å². The van der Waals surface area contributed by atoms with Crippen LogP contribution in [0, 0.1) is 0 Å². The average Bonchev–Trinajstić information content (AvgIpc) is 3.11. The van der Waals surface area contributed by atoms with Crippen molar-refractivity contribution in [3.8, 4) is 11.5 Å². The molecule has 2 aromatic rings. The third-order valence-corrected chi connectivity index (χ3v) is 4.36. The van der Waals surface area contributed by atoms with Gasteiger partial charge in [-0.15, -0.1) is 11.3 Å². The predicted octanol–water partition coefficient (Wildman–Crippen LogP) is 1.96. The first-order chi connectivity index (χ1) is 12.1. The van der Waals surface area contributed by atoms with Crippen LogP contribution in [0.5, 0.6) is 11.5 Å². The third kappa shape index (κ3) is 6.15. The molecule has 0 aliphatic carbocycles. The van der Waals surface area contributed by atoms with Gasteiger partial charge in [-0.2, -0.15) is 0 Å². The van der Waals surface area contributed by atoms with E-state index in [-0.39, 0.29) is 0 Å². The van der Waals surface area contributed by atoms with Crippen molar-refractivity contribution in [1.29, 1.82) is 0 Å². The van der Waals surface area contributed by atoms with Crippen molar-refractivity contribution < 1.29 is 9.47 Å². The van der Waals surface area contributed by atoms with E-state index in [9.17, 15) is 0 Å². The predicted molar refractivity (Wildman–Crippen MR) is 103 cm³/mol. The van der Waals surface area contributed by atoms with E-state index in [1.165, 1.54) is 0 Å². The van der Waals surface area contributed by atoms with Gasteiger partial charge in [-0.1, -0.05) is 0 Å². The number of rotatable bonds is 8. The number of anilines is 1. The molecule has 136 valence electrons. The van der Waals surface area contributed by atoms with Crippen molar-refractivity contribution in [1.82, 2.24) is 15.6 Å². The lowest BCUT2D eigenvalue weighted by Crippen LogP contribution is -2.38. The van der Waals surface area contributed by atoms with E-state index in [0.717, 1.165) is 28.3 Å². The third-order valence-electron chi connectivity index (χ3n) is 3.31. The molecule has 0 unspecified atom stereocenters. The SMILES string of the molecule is CN=C(NCCOc1ccc(OC)cc1)NCc1csc(N(C)C)n1. The molecule has 0 bridgehead atoms. The quantitative estimate of drug-likeness (QED) is 0.424. The van der Waals surface area contributed by atoms with Crippen LogP contribution in [0.1, 0.15) is 5.69 Å². The number of nitrogens with zero attached hydrogens (tertiary/aromatic N) is 3. The van der Waals surface area contributed by atoms with Crippen LogP contribution in [-0.4, -0.2) is 52.3 Å². The highest BCUT2D eigenvalue weighted by atomic mass is 32.1. The number of methoxy groups -OCH3 is 1. The number of benzene rings is 1. The Morgan fingerprint density at radius 1 is 1.20 bits per heavy atom. The summed E-state index contributed by atoms with van der Waals surface area (Å²) in [6.07, 6.45) is 0. The van der Waals surface area contributed by atoms with Gasteiger partial charge in [-0.3, -0.25) is 4.99 Å². The zero-order chi connectivity index (χ0) is 18.1. The van der Waals surface area contributed by atoms with Crippen molar-refractivity contribution in [2.75, 3.05) is 46.3 Å². The van der Waals surface area contributed by atoms with Gasteiger partial charge in [0.1, 0.15) is 18.1 Å². The molecule has 1 aromatic heterocycles. The Labute approximate surface area is 152 Å². The number of nitrogens with one attached hydrogen (secondary N) is 2. The van der Waals surface area contributed by atoms with Crippen LogP contribution in [-0.2, 0) is 6.54 Å². The molecular weight excluding hydrogens is 338 g/mol. The minimum atomic E-state index is 0.536. The highest BCUT2D eigenvalue weighted by Gasteiger charge is 2.04. The van der Waals surface area contributed by atoms with Crippen molar-refractivity contribution in [2.45, 2.75) is 6.54 Å². The fourth-order valence-electron chi connectivity index (χ4n) is 1.99. The Balaban J connectivity index is 1.69.